The van der Waals surface area contributed by atoms with Crippen molar-refractivity contribution in [1.29, 1.82) is 0 Å². The van der Waals surface area contributed by atoms with Crippen molar-refractivity contribution in [2.75, 3.05) is 18.1 Å². The van der Waals surface area contributed by atoms with Crippen LogP contribution in [-0.2, 0) is 26.7 Å². The smallest absolute Gasteiger partial charge is 0.265 e. The second-order valence-corrected chi connectivity index (χ2v) is 9.98. The van der Waals surface area contributed by atoms with Crippen LogP contribution in [0, 0.1) is 17.6 Å². The molecule has 8 nitrogen and oxygen atoms in total. The Kier molecular flexibility index (Phi) is 10.6. The molecular formula is C19H26F2N2O6S2. The number of nitrogens with two attached hydrogens (primary N) is 2. The van der Waals surface area contributed by atoms with Gasteiger partial charge in [0.15, 0.2) is 0 Å². The molecule has 0 fully saturated rings. The van der Waals surface area contributed by atoms with Crippen molar-refractivity contribution in [2.45, 2.75) is 18.9 Å². The Hall–Kier alpha value is -1.96. The summed E-state index contributed by atoms with van der Waals surface area (Å²) in [5.74, 6) is -1.85. The largest absolute Gasteiger partial charge is 0.330 e. The van der Waals surface area contributed by atoms with Crippen molar-refractivity contribution < 1.29 is 34.7 Å². The minimum Gasteiger partial charge on any atom is -0.330 e. The fourth-order valence-corrected chi connectivity index (χ4v) is 4.02. The van der Waals surface area contributed by atoms with E-state index in [2.05, 4.69) is 0 Å². The van der Waals surface area contributed by atoms with Crippen molar-refractivity contribution >= 4 is 20.2 Å². The Labute approximate surface area is 180 Å². The molecule has 0 bridgehead atoms. The molecule has 2 rings (SSSR count). The zero-order valence-electron chi connectivity index (χ0n) is 16.6. The Morgan fingerprint density at radius 2 is 1.32 bits per heavy atom. The Morgan fingerprint density at radius 1 is 0.839 bits per heavy atom. The lowest BCUT2D eigenvalue weighted by atomic mass is 10.0. The molecular weight excluding hydrogens is 454 g/mol. The molecule has 12 heteroatoms. The number of hydrogen-bond donors (Lipinski definition) is 4. The predicted molar refractivity (Wildman–Crippen MR) is 113 cm³/mol. The highest BCUT2D eigenvalue weighted by atomic mass is 32.2. The third kappa shape index (κ3) is 12.5. The number of rotatable bonds is 9. The second-order valence-electron chi connectivity index (χ2n) is 6.91. The van der Waals surface area contributed by atoms with Crippen LogP contribution >= 0.6 is 0 Å². The van der Waals surface area contributed by atoms with Crippen LogP contribution in [0.3, 0.4) is 0 Å². The van der Waals surface area contributed by atoms with Gasteiger partial charge in [-0.05, 0) is 60.7 Å². The fourth-order valence-electron chi connectivity index (χ4n) is 2.61. The van der Waals surface area contributed by atoms with E-state index < -0.39 is 32.0 Å². The second kappa shape index (κ2) is 12.2. The van der Waals surface area contributed by atoms with Gasteiger partial charge >= 0.3 is 0 Å². The van der Waals surface area contributed by atoms with Gasteiger partial charge in [0.25, 0.3) is 20.2 Å². The fraction of sp³-hybridized carbons (Fsp3) is 0.368. The molecule has 6 N–H and O–H groups in total. The van der Waals surface area contributed by atoms with Gasteiger partial charge < -0.3 is 11.5 Å². The van der Waals surface area contributed by atoms with E-state index in [9.17, 15) is 25.6 Å². The first kappa shape index (κ1) is 27.1. The lowest BCUT2D eigenvalue weighted by Crippen LogP contribution is -2.25. The van der Waals surface area contributed by atoms with Gasteiger partial charge in [0.2, 0.25) is 0 Å². The summed E-state index contributed by atoms with van der Waals surface area (Å²) in [6.07, 6.45) is 0.501. The first-order chi connectivity index (χ1) is 14.3. The monoisotopic (exact) mass is 480 g/mol. The minimum atomic E-state index is -4.02. The van der Waals surface area contributed by atoms with E-state index in [0.29, 0.717) is 12.0 Å². The van der Waals surface area contributed by atoms with Crippen molar-refractivity contribution in [2.24, 2.45) is 17.4 Å². The maximum absolute atomic E-state index is 12.6. The average Bonchev–Trinajstić information content (AvgIpc) is 2.67. The van der Waals surface area contributed by atoms with E-state index >= 15 is 0 Å². The van der Waals surface area contributed by atoms with Crippen molar-refractivity contribution in [3.05, 3.63) is 71.3 Å². The molecule has 174 valence electrons. The summed E-state index contributed by atoms with van der Waals surface area (Å²) in [7, 11) is -8.01. The van der Waals surface area contributed by atoms with E-state index in [1.54, 1.807) is 12.1 Å². The standard InChI is InChI=1S/C10H14FNO3S.C9H12FNO3S/c11-10-3-1-8(2-4-10)5-9(6-12)7-16(13,14)15;10-8-3-1-7(2-4-8)9(11)5-6-15(12,13)14/h1-4,9H,5-7,12H2,(H,13,14,15);1-4,9H,5-6,11H2,(H,12,13,14). The van der Waals surface area contributed by atoms with Crippen LogP contribution in [0.5, 0.6) is 0 Å². The first-order valence-corrected chi connectivity index (χ1v) is 12.4. The van der Waals surface area contributed by atoms with Crippen LogP contribution in [0.15, 0.2) is 48.5 Å². The zero-order valence-corrected chi connectivity index (χ0v) is 18.2. The Balaban J connectivity index is 0.000000311. The predicted octanol–water partition coefficient (Wildman–Crippen LogP) is 1.93. The molecule has 31 heavy (non-hydrogen) atoms. The lowest BCUT2D eigenvalue weighted by molar-refractivity contribution is 0.463. The molecule has 0 aliphatic heterocycles. The molecule has 0 aromatic heterocycles. The van der Waals surface area contributed by atoms with E-state index in [1.165, 1.54) is 36.4 Å². The topological polar surface area (TPSA) is 161 Å². The van der Waals surface area contributed by atoms with Crippen molar-refractivity contribution in [1.82, 2.24) is 0 Å². The lowest BCUT2D eigenvalue weighted by Gasteiger charge is -2.12. The summed E-state index contributed by atoms with van der Waals surface area (Å²) in [6.45, 7) is 0.150. The third-order valence-electron chi connectivity index (χ3n) is 4.20. The molecule has 0 saturated carbocycles. The normalized spacial score (nSPS) is 13.7. The maximum Gasteiger partial charge on any atom is 0.265 e. The quantitative estimate of drug-likeness (QED) is 0.396. The van der Waals surface area contributed by atoms with Crippen LogP contribution in [0.2, 0.25) is 0 Å². The third-order valence-corrected chi connectivity index (χ3v) is 5.85. The molecule has 2 unspecified atom stereocenters. The Bertz CT molecular complexity index is 1010. The molecule has 2 aromatic rings. The van der Waals surface area contributed by atoms with Crippen LogP contribution in [0.4, 0.5) is 8.78 Å². The molecule has 0 aliphatic rings. The summed E-state index contributed by atoms with van der Waals surface area (Å²) in [5.41, 5.74) is 12.5. The molecule has 0 spiro atoms. The van der Waals surface area contributed by atoms with Gasteiger partial charge in [-0.1, -0.05) is 24.3 Å². The molecule has 0 heterocycles. The highest BCUT2D eigenvalue weighted by Gasteiger charge is 2.16. The summed E-state index contributed by atoms with van der Waals surface area (Å²) < 4.78 is 84.7. The van der Waals surface area contributed by atoms with Crippen LogP contribution in [-0.4, -0.2) is 44.0 Å². The van der Waals surface area contributed by atoms with Gasteiger partial charge in [-0.2, -0.15) is 16.8 Å². The van der Waals surface area contributed by atoms with Gasteiger partial charge in [0.1, 0.15) is 11.6 Å². The van der Waals surface area contributed by atoms with Crippen molar-refractivity contribution in [3.8, 4) is 0 Å². The Morgan fingerprint density at radius 3 is 1.74 bits per heavy atom. The number of benzene rings is 2. The van der Waals surface area contributed by atoms with Crippen LogP contribution < -0.4 is 11.5 Å². The van der Waals surface area contributed by atoms with E-state index in [0.717, 1.165) is 5.56 Å². The summed E-state index contributed by atoms with van der Waals surface area (Å²) >= 11 is 0. The molecule has 0 amide bonds. The first-order valence-electron chi connectivity index (χ1n) is 9.15. The van der Waals surface area contributed by atoms with E-state index in [-0.39, 0.29) is 36.3 Å². The van der Waals surface area contributed by atoms with Gasteiger partial charge in [-0.15, -0.1) is 0 Å². The highest BCUT2D eigenvalue weighted by molar-refractivity contribution is 7.86. The maximum atomic E-state index is 12.6. The zero-order chi connectivity index (χ0) is 23.7. The molecule has 2 aromatic carbocycles. The highest BCUT2D eigenvalue weighted by Crippen LogP contribution is 2.15. The van der Waals surface area contributed by atoms with Crippen molar-refractivity contribution in [3.63, 3.8) is 0 Å². The number of halogens is 2. The van der Waals surface area contributed by atoms with Gasteiger partial charge in [0, 0.05) is 6.04 Å². The summed E-state index contributed by atoms with van der Waals surface area (Å²) in [4.78, 5) is 0. The SMILES string of the molecule is NC(CCS(=O)(=O)O)c1ccc(F)cc1.NCC(Cc1ccc(F)cc1)CS(=O)(=O)O. The van der Waals surface area contributed by atoms with Gasteiger partial charge in [-0.25, -0.2) is 8.78 Å². The number of hydrogen-bond acceptors (Lipinski definition) is 6. The van der Waals surface area contributed by atoms with Gasteiger partial charge in [0.05, 0.1) is 11.5 Å². The molecule has 0 aliphatic carbocycles. The van der Waals surface area contributed by atoms with Gasteiger partial charge in [-0.3, -0.25) is 9.11 Å². The van der Waals surface area contributed by atoms with E-state index in [1.807, 2.05) is 0 Å². The average molecular weight is 481 g/mol. The minimum absolute atomic E-state index is 0.102. The van der Waals surface area contributed by atoms with E-state index in [4.69, 9.17) is 20.6 Å². The van der Waals surface area contributed by atoms with Crippen LogP contribution in [0.1, 0.15) is 23.6 Å². The molecule has 2 atom stereocenters. The summed E-state index contributed by atoms with van der Waals surface area (Å²) in [6, 6.07) is 10.7. The molecule has 0 radical (unpaired) electrons. The summed E-state index contributed by atoms with van der Waals surface area (Å²) in [5, 5.41) is 0. The molecule has 0 saturated heterocycles. The van der Waals surface area contributed by atoms with Crippen LogP contribution in [0.25, 0.3) is 0 Å².